The lowest BCUT2D eigenvalue weighted by atomic mass is 10.2. The average molecular weight is 346 g/mol. The van der Waals surface area contributed by atoms with Gasteiger partial charge in [-0.15, -0.1) is 0 Å². The van der Waals surface area contributed by atoms with Crippen LogP contribution in [0.5, 0.6) is 0 Å². The predicted octanol–water partition coefficient (Wildman–Crippen LogP) is 4.71. The molecule has 118 valence electrons. The summed E-state index contributed by atoms with van der Waals surface area (Å²) >= 11 is 7.41. The van der Waals surface area contributed by atoms with Gasteiger partial charge in [0, 0.05) is 23.1 Å². The highest BCUT2D eigenvalue weighted by Gasteiger charge is 2.18. The number of aromatic nitrogens is 2. The summed E-state index contributed by atoms with van der Waals surface area (Å²) in [4.78, 5) is 17.8. The van der Waals surface area contributed by atoms with E-state index in [0.717, 1.165) is 22.1 Å². The molecule has 1 amide bonds. The quantitative estimate of drug-likeness (QED) is 0.744. The second-order valence-corrected chi connectivity index (χ2v) is 6.52. The van der Waals surface area contributed by atoms with Crippen molar-refractivity contribution in [2.45, 2.75) is 20.3 Å². The van der Waals surface area contributed by atoms with Crippen molar-refractivity contribution in [1.82, 2.24) is 9.55 Å². The van der Waals surface area contributed by atoms with Crippen molar-refractivity contribution in [1.29, 1.82) is 0 Å². The lowest BCUT2D eigenvalue weighted by Gasteiger charge is -2.06. The number of rotatable bonds is 4. The van der Waals surface area contributed by atoms with Gasteiger partial charge >= 0.3 is 0 Å². The van der Waals surface area contributed by atoms with E-state index in [-0.39, 0.29) is 5.91 Å². The van der Waals surface area contributed by atoms with E-state index in [1.807, 2.05) is 49.0 Å². The van der Waals surface area contributed by atoms with Crippen LogP contribution in [0.15, 0.2) is 42.7 Å². The zero-order valence-electron chi connectivity index (χ0n) is 12.8. The zero-order valence-corrected chi connectivity index (χ0v) is 14.4. The van der Waals surface area contributed by atoms with Gasteiger partial charge in [0.1, 0.15) is 4.88 Å². The number of nitrogens with zero attached hydrogens (tertiary/aromatic N) is 2. The maximum Gasteiger partial charge on any atom is 0.267 e. The Hall–Kier alpha value is -2.11. The fraction of sp³-hybridized carbons (Fsp3) is 0.176. The molecule has 0 fully saturated rings. The molecule has 2 heterocycles. The number of amides is 1. The molecule has 0 saturated carbocycles. The Kier molecular flexibility index (Phi) is 4.50. The third-order valence-corrected chi connectivity index (χ3v) is 5.00. The fourth-order valence-electron chi connectivity index (χ4n) is 2.24. The van der Waals surface area contributed by atoms with Crippen molar-refractivity contribution in [3.8, 4) is 5.13 Å². The van der Waals surface area contributed by atoms with Crippen LogP contribution >= 0.6 is 22.9 Å². The lowest BCUT2D eigenvalue weighted by Crippen LogP contribution is -2.12. The molecule has 0 bridgehead atoms. The topological polar surface area (TPSA) is 46.9 Å². The number of hydrogen-bond donors (Lipinski definition) is 1. The highest BCUT2D eigenvalue weighted by Crippen LogP contribution is 2.25. The summed E-state index contributed by atoms with van der Waals surface area (Å²) in [7, 11) is 0. The molecule has 0 aliphatic carbocycles. The summed E-state index contributed by atoms with van der Waals surface area (Å²) < 4.78 is 1.91. The number of nitrogens with one attached hydrogen (secondary N) is 1. The van der Waals surface area contributed by atoms with Gasteiger partial charge in [0.05, 0.1) is 5.69 Å². The molecule has 3 aromatic rings. The maximum absolute atomic E-state index is 12.6. The van der Waals surface area contributed by atoms with Crippen molar-refractivity contribution >= 4 is 34.5 Å². The number of benzene rings is 1. The Morgan fingerprint density at radius 2 is 2.09 bits per heavy atom. The van der Waals surface area contributed by atoms with Gasteiger partial charge in [0.25, 0.3) is 5.91 Å². The summed E-state index contributed by atoms with van der Waals surface area (Å²) in [6, 6.07) is 9.31. The molecule has 0 aliphatic heterocycles. The highest BCUT2D eigenvalue weighted by molar-refractivity contribution is 7.16. The van der Waals surface area contributed by atoms with Crippen LogP contribution in [0.2, 0.25) is 5.02 Å². The van der Waals surface area contributed by atoms with Crippen molar-refractivity contribution in [2.24, 2.45) is 0 Å². The van der Waals surface area contributed by atoms with Crippen LogP contribution in [0.3, 0.4) is 0 Å². The van der Waals surface area contributed by atoms with Gasteiger partial charge in [0.15, 0.2) is 5.13 Å². The van der Waals surface area contributed by atoms with Gasteiger partial charge in [-0.05, 0) is 49.2 Å². The molecule has 6 heteroatoms. The van der Waals surface area contributed by atoms with Crippen LogP contribution in [0.4, 0.5) is 5.69 Å². The Bertz CT molecular complexity index is 840. The van der Waals surface area contributed by atoms with E-state index >= 15 is 0 Å². The molecular weight excluding hydrogens is 330 g/mol. The van der Waals surface area contributed by atoms with Crippen LogP contribution < -0.4 is 5.32 Å². The molecule has 4 nitrogen and oxygen atoms in total. The van der Waals surface area contributed by atoms with Gasteiger partial charge < -0.3 is 9.88 Å². The largest absolute Gasteiger partial charge is 0.321 e. The first-order chi connectivity index (χ1) is 11.1. The minimum atomic E-state index is -0.139. The SMILES string of the molecule is CCc1nc(-n2cccc2)sc1C(=O)Nc1ccc(Cl)c(C)c1. The summed E-state index contributed by atoms with van der Waals surface area (Å²) in [5.41, 5.74) is 2.47. The second-order valence-electron chi connectivity index (χ2n) is 5.13. The standard InChI is InChI=1S/C17H16ClN3OS/c1-3-14-15(23-17(20-14)21-8-4-5-9-21)16(22)19-12-6-7-13(18)11(2)10-12/h4-10H,3H2,1-2H3,(H,19,22). The zero-order chi connectivity index (χ0) is 16.4. The molecule has 0 aliphatic rings. The monoisotopic (exact) mass is 345 g/mol. The van der Waals surface area contributed by atoms with Gasteiger partial charge in [-0.25, -0.2) is 4.98 Å². The number of halogens is 1. The number of aryl methyl sites for hydroxylation is 2. The fourth-order valence-corrected chi connectivity index (χ4v) is 3.37. The van der Waals surface area contributed by atoms with Crippen LogP contribution in [-0.4, -0.2) is 15.5 Å². The highest BCUT2D eigenvalue weighted by atomic mass is 35.5. The third kappa shape index (κ3) is 3.30. The second kappa shape index (κ2) is 6.56. The summed E-state index contributed by atoms with van der Waals surface area (Å²) in [6.07, 6.45) is 4.55. The first kappa shape index (κ1) is 15.8. The van der Waals surface area contributed by atoms with Gasteiger partial charge in [-0.3, -0.25) is 4.79 Å². The number of thiazole rings is 1. The number of anilines is 1. The molecule has 1 N–H and O–H groups in total. The molecule has 0 unspecified atom stereocenters. The molecule has 0 radical (unpaired) electrons. The third-order valence-electron chi connectivity index (χ3n) is 3.47. The van der Waals surface area contributed by atoms with E-state index in [0.29, 0.717) is 16.3 Å². The first-order valence-corrected chi connectivity index (χ1v) is 8.48. The lowest BCUT2D eigenvalue weighted by molar-refractivity contribution is 0.102. The van der Waals surface area contributed by atoms with E-state index in [2.05, 4.69) is 10.3 Å². The van der Waals surface area contributed by atoms with Crippen LogP contribution in [-0.2, 0) is 6.42 Å². The van der Waals surface area contributed by atoms with Crippen LogP contribution in [0.25, 0.3) is 5.13 Å². The van der Waals surface area contributed by atoms with Gasteiger partial charge in [-0.2, -0.15) is 0 Å². The van der Waals surface area contributed by atoms with Crippen molar-refractivity contribution in [3.63, 3.8) is 0 Å². The normalized spacial score (nSPS) is 10.7. The van der Waals surface area contributed by atoms with E-state index in [4.69, 9.17) is 11.6 Å². The average Bonchev–Trinajstić information content (AvgIpc) is 3.19. The molecule has 0 atom stereocenters. The minimum absolute atomic E-state index is 0.139. The van der Waals surface area contributed by atoms with Crippen LogP contribution in [0.1, 0.15) is 27.9 Å². The molecule has 1 aromatic carbocycles. The van der Waals surface area contributed by atoms with Gasteiger partial charge in [0.2, 0.25) is 0 Å². The predicted molar refractivity (Wildman–Crippen MR) is 95.0 cm³/mol. The van der Waals surface area contributed by atoms with Crippen molar-refractivity contribution < 1.29 is 4.79 Å². The number of carbonyl (C=O) groups excluding carboxylic acids is 1. The molecular formula is C17H16ClN3OS. The summed E-state index contributed by atoms with van der Waals surface area (Å²) in [6.45, 7) is 3.91. The van der Waals surface area contributed by atoms with Crippen LogP contribution in [0, 0.1) is 6.92 Å². The maximum atomic E-state index is 12.6. The molecule has 2 aromatic heterocycles. The summed E-state index contributed by atoms with van der Waals surface area (Å²) in [5, 5.41) is 4.40. The van der Waals surface area contributed by atoms with E-state index in [1.54, 1.807) is 12.1 Å². The van der Waals surface area contributed by atoms with E-state index in [9.17, 15) is 4.79 Å². The van der Waals surface area contributed by atoms with E-state index in [1.165, 1.54) is 11.3 Å². The van der Waals surface area contributed by atoms with E-state index < -0.39 is 0 Å². The van der Waals surface area contributed by atoms with Crippen molar-refractivity contribution in [2.75, 3.05) is 5.32 Å². The Balaban J connectivity index is 1.88. The molecule has 0 spiro atoms. The molecule has 0 saturated heterocycles. The minimum Gasteiger partial charge on any atom is -0.321 e. The first-order valence-electron chi connectivity index (χ1n) is 7.29. The molecule has 3 rings (SSSR count). The summed E-state index contributed by atoms with van der Waals surface area (Å²) in [5.74, 6) is -0.139. The van der Waals surface area contributed by atoms with Gasteiger partial charge in [-0.1, -0.05) is 29.9 Å². The smallest absolute Gasteiger partial charge is 0.267 e. The Labute approximate surface area is 143 Å². The number of carbonyl (C=O) groups is 1. The number of hydrogen-bond acceptors (Lipinski definition) is 3. The molecule has 23 heavy (non-hydrogen) atoms. The Morgan fingerprint density at radius 3 is 2.74 bits per heavy atom. The Morgan fingerprint density at radius 1 is 1.35 bits per heavy atom. The van der Waals surface area contributed by atoms with Crippen molar-refractivity contribution in [3.05, 3.63) is 63.9 Å².